The molecule has 7 heteroatoms. The van der Waals surface area contributed by atoms with E-state index in [2.05, 4.69) is 31.8 Å². The summed E-state index contributed by atoms with van der Waals surface area (Å²) in [6.45, 7) is 7.34. The van der Waals surface area contributed by atoms with Crippen LogP contribution in [0.1, 0.15) is 12.8 Å². The van der Waals surface area contributed by atoms with Gasteiger partial charge in [-0.15, -0.1) is 0 Å². The van der Waals surface area contributed by atoms with Crippen LogP contribution in [0.5, 0.6) is 0 Å². The van der Waals surface area contributed by atoms with Crippen molar-refractivity contribution in [2.45, 2.75) is 18.6 Å². The number of nitrogens with zero attached hydrogens (tertiary/aromatic N) is 6. The van der Waals surface area contributed by atoms with Crippen LogP contribution in [0.3, 0.4) is 0 Å². The zero-order valence-corrected chi connectivity index (χ0v) is 12.7. The minimum Gasteiger partial charge on any atom is -0.338 e. The molecule has 117 valence electrons. The third-order valence-electron chi connectivity index (χ3n) is 4.11. The molecule has 3 heterocycles. The average Bonchev–Trinajstić information content (AvgIpc) is 3.11. The van der Waals surface area contributed by atoms with E-state index in [9.17, 15) is 0 Å². The SMILES string of the molecule is [CH2]CCC(N)(N1CCN(c2ncccn2)CC1)n1cccn1. The molecule has 0 saturated carbocycles. The van der Waals surface area contributed by atoms with Crippen LogP contribution in [0.2, 0.25) is 0 Å². The Balaban J connectivity index is 1.71. The summed E-state index contributed by atoms with van der Waals surface area (Å²) in [4.78, 5) is 13.1. The van der Waals surface area contributed by atoms with Gasteiger partial charge in [0.2, 0.25) is 5.95 Å². The zero-order chi connectivity index (χ0) is 15.4. The second-order valence-electron chi connectivity index (χ2n) is 5.46. The molecule has 0 spiro atoms. The molecule has 0 aliphatic carbocycles. The van der Waals surface area contributed by atoms with Crippen LogP contribution in [0, 0.1) is 6.92 Å². The number of hydrogen-bond acceptors (Lipinski definition) is 6. The standard InChI is InChI=1S/C15H22N7/c1-2-5-15(16,22-9-4-8-19-22)21-12-10-20(11-13-21)14-17-6-3-7-18-14/h3-4,6-9H,1-2,5,10-13,16H2. The maximum absolute atomic E-state index is 6.67. The molecule has 1 saturated heterocycles. The highest BCUT2D eigenvalue weighted by Crippen LogP contribution is 2.23. The summed E-state index contributed by atoms with van der Waals surface area (Å²) < 4.78 is 1.84. The first-order valence-corrected chi connectivity index (χ1v) is 7.59. The molecule has 2 aromatic rings. The Morgan fingerprint density at radius 1 is 1.09 bits per heavy atom. The lowest BCUT2D eigenvalue weighted by atomic mass is 10.1. The Kier molecular flexibility index (Phi) is 4.35. The fraction of sp³-hybridized carbons (Fsp3) is 0.467. The molecule has 7 nitrogen and oxygen atoms in total. The van der Waals surface area contributed by atoms with Crippen LogP contribution in [-0.4, -0.2) is 50.8 Å². The molecule has 3 rings (SSSR count). The summed E-state index contributed by atoms with van der Waals surface area (Å²) in [6, 6.07) is 3.73. The van der Waals surface area contributed by atoms with E-state index in [1.165, 1.54) is 0 Å². The lowest BCUT2D eigenvalue weighted by molar-refractivity contribution is -0.00149. The summed E-state index contributed by atoms with van der Waals surface area (Å²) in [5.74, 6) is 0.163. The zero-order valence-electron chi connectivity index (χ0n) is 12.7. The summed E-state index contributed by atoms with van der Waals surface area (Å²) in [6.07, 6.45) is 8.75. The highest BCUT2D eigenvalue weighted by Gasteiger charge is 2.36. The summed E-state index contributed by atoms with van der Waals surface area (Å²) >= 11 is 0. The third-order valence-corrected chi connectivity index (χ3v) is 4.11. The molecule has 0 amide bonds. The quantitative estimate of drug-likeness (QED) is 0.875. The second kappa shape index (κ2) is 6.41. The van der Waals surface area contributed by atoms with E-state index in [-0.39, 0.29) is 0 Å². The summed E-state index contributed by atoms with van der Waals surface area (Å²) in [5.41, 5.74) is 6.67. The van der Waals surface area contributed by atoms with Crippen molar-refractivity contribution in [3.63, 3.8) is 0 Å². The summed E-state index contributed by atoms with van der Waals surface area (Å²) in [7, 11) is 0. The van der Waals surface area contributed by atoms with Crippen molar-refractivity contribution in [1.29, 1.82) is 0 Å². The van der Waals surface area contributed by atoms with Crippen molar-refractivity contribution in [1.82, 2.24) is 24.6 Å². The normalized spacial score (nSPS) is 19.1. The van der Waals surface area contributed by atoms with E-state index in [4.69, 9.17) is 5.73 Å². The van der Waals surface area contributed by atoms with E-state index in [0.717, 1.165) is 45.0 Å². The Bertz CT molecular complexity index is 563. The molecule has 1 radical (unpaired) electrons. The van der Waals surface area contributed by atoms with E-state index in [0.29, 0.717) is 0 Å². The van der Waals surface area contributed by atoms with E-state index in [1.54, 1.807) is 18.6 Å². The number of hydrogen-bond donors (Lipinski definition) is 1. The van der Waals surface area contributed by atoms with Gasteiger partial charge in [-0.2, -0.15) is 5.10 Å². The van der Waals surface area contributed by atoms with Crippen molar-refractivity contribution >= 4 is 5.95 Å². The monoisotopic (exact) mass is 300 g/mol. The molecule has 1 aliphatic heterocycles. The highest BCUT2D eigenvalue weighted by atomic mass is 15.5. The van der Waals surface area contributed by atoms with Crippen molar-refractivity contribution < 1.29 is 0 Å². The van der Waals surface area contributed by atoms with Gasteiger partial charge in [0.15, 0.2) is 5.79 Å². The molecule has 0 aromatic carbocycles. The first-order valence-electron chi connectivity index (χ1n) is 7.59. The lowest BCUT2D eigenvalue weighted by Gasteiger charge is -2.45. The van der Waals surface area contributed by atoms with E-state index in [1.807, 2.05) is 23.0 Å². The number of nitrogens with two attached hydrogens (primary N) is 1. The molecule has 1 atom stereocenters. The molecule has 2 aromatic heterocycles. The van der Waals surface area contributed by atoms with Gasteiger partial charge in [-0.1, -0.05) is 6.92 Å². The Labute approximate surface area is 130 Å². The van der Waals surface area contributed by atoms with Gasteiger partial charge in [0.25, 0.3) is 0 Å². The van der Waals surface area contributed by atoms with Gasteiger partial charge >= 0.3 is 0 Å². The molecular weight excluding hydrogens is 278 g/mol. The predicted octanol–water partition coefficient (Wildman–Crippen LogP) is 0.679. The Morgan fingerprint density at radius 2 is 1.82 bits per heavy atom. The molecule has 22 heavy (non-hydrogen) atoms. The first kappa shape index (κ1) is 14.9. The predicted molar refractivity (Wildman–Crippen MR) is 84.8 cm³/mol. The average molecular weight is 300 g/mol. The Morgan fingerprint density at radius 3 is 2.41 bits per heavy atom. The number of rotatable bonds is 5. The largest absolute Gasteiger partial charge is 0.338 e. The van der Waals surface area contributed by atoms with Crippen LogP contribution in [0.4, 0.5) is 5.95 Å². The second-order valence-corrected chi connectivity index (χ2v) is 5.46. The minimum atomic E-state index is -0.616. The Hall–Kier alpha value is -1.99. The molecule has 1 fully saturated rings. The van der Waals surface area contributed by atoms with Crippen molar-refractivity contribution in [2.75, 3.05) is 31.1 Å². The molecule has 1 unspecified atom stereocenters. The smallest absolute Gasteiger partial charge is 0.225 e. The molecule has 0 bridgehead atoms. The van der Waals surface area contributed by atoms with Crippen LogP contribution in [-0.2, 0) is 5.79 Å². The van der Waals surface area contributed by atoms with Crippen molar-refractivity contribution in [3.05, 3.63) is 43.8 Å². The number of anilines is 1. The first-order chi connectivity index (χ1) is 10.7. The van der Waals surface area contributed by atoms with Gasteiger partial charge in [0.05, 0.1) is 0 Å². The van der Waals surface area contributed by atoms with Crippen molar-refractivity contribution in [2.24, 2.45) is 5.73 Å². The molecule has 2 N–H and O–H groups in total. The van der Waals surface area contributed by atoms with Gasteiger partial charge in [-0.25, -0.2) is 14.6 Å². The number of aromatic nitrogens is 4. The van der Waals surface area contributed by atoms with Crippen LogP contribution < -0.4 is 10.6 Å². The fourth-order valence-corrected chi connectivity index (χ4v) is 2.92. The fourth-order valence-electron chi connectivity index (χ4n) is 2.92. The molecular formula is C15H22N7. The third kappa shape index (κ3) is 2.82. The summed E-state index contributed by atoms with van der Waals surface area (Å²) in [5, 5.41) is 4.34. The van der Waals surface area contributed by atoms with Gasteiger partial charge in [-0.05, 0) is 18.6 Å². The van der Waals surface area contributed by atoms with Gasteiger partial charge in [0.1, 0.15) is 0 Å². The van der Waals surface area contributed by atoms with Gasteiger partial charge in [-0.3, -0.25) is 10.6 Å². The van der Waals surface area contributed by atoms with Gasteiger partial charge < -0.3 is 4.90 Å². The lowest BCUT2D eigenvalue weighted by Crippen LogP contribution is -2.63. The maximum atomic E-state index is 6.67. The maximum Gasteiger partial charge on any atom is 0.225 e. The van der Waals surface area contributed by atoms with Crippen molar-refractivity contribution in [3.8, 4) is 0 Å². The van der Waals surface area contributed by atoms with Gasteiger partial charge in [0, 0.05) is 57.4 Å². The van der Waals surface area contributed by atoms with E-state index >= 15 is 0 Å². The van der Waals surface area contributed by atoms with E-state index < -0.39 is 5.79 Å². The van der Waals surface area contributed by atoms with Crippen LogP contribution in [0.25, 0.3) is 0 Å². The molecule has 1 aliphatic rings. The topological polar surface area (TPSA) is 76.1 Å². The van der Waals surface area contributed by atoms with Crippen LogP contribution in [0.15, 0.2) is 36.9 Å². The highest BCUT2D eigenvalue weighted by molar-refractivity contribution is 5.29. The number of piperazine rings is 1. The minimum absolute atomic E-state index is 0.616. The van der Waals surface area contributed by atoms with Crippen LogP contribution >= 0.6 is 0 Å².